The first kappa shape index (κ1) is 7.21. The Balaban J connectivity index is 2.09. The van der Waals surface area contributed by atoms with E-state index in [2.05, 4.69) is 0 Å². The third-order valence-corrected chi connectivity index (χ3v) is 2.68. The van der Waals surface area contributed by atoms with Crippen LogP contribution in [0.15, 0.2) is 18.2 Å². The molecule has 0 bridgehead atoms. The van der Waals surface area contributed by atoms with Crippen molar-refractivity contribution in [3.63, 3.8) is 0 Å². The van der Waals surface area contributed by atoms with Crippen LogP contribution in [0.4, 0.5) is 0 Å². The van der Waals surface area contributed by atoms with Gasteiger partial charge < -0.3 is 14.6 Å². The summed E-state index contributed by atoms with van der Waals surface area (Å²) in [5.41, 5.74) is 1.09. The fraction of sp³-hybridized carbons (Fsp3) is 0.400. The quantitative estimate of drug-likeness (QED) is 0.656. The second-order valence-corrected chi connectivity index (χ2v) is 3.47. The maximum atomic E-state index is 9.32. The Kier molecular flexibility index (Phi) is 1.32. The minimum atomic E-state index is -0.114. The van der Waals surface area contributed by atoms with Gasteiger partial charge in [-0.25, -0.2) is 0 Å². The van der Waals surface area contributed by atoms with Crippen LogP contribution < -0.4 is 4.74 Å². The van der Waals surface area contributed by atoms with Gasteiger partial charge in [0, 0.05) is 5.56 Å². The van der Waals surface area contributed by atoms with Crippen LogP contribution in [0.1, 0.15) is 17.9 Å². The maximum Gasteiger partial charge on any atom is 0.206 e. The van der Waals surface area contributed by atoms with E-state index >= 15 is 0 Å². The van der Waals surface area contributed by atoms with Crippen LogP contribution in [0.2, 0.25) is 0 Å². The number of aromatic hydroxyl groups is 1. The number of rotatable bonds is 0. The van der Waals surface area contributed by atoms with E-state index in [9.17, 15) is 5.11 Å². The lowest BCUT2D eigenvalue weighted by atomic mass is 9.99. The minimum Gasteiger partial charge on any atom is -0.508 e. The molecule has 0 saturated carbocycles. The van der Waals surface area contributed by atoms with Gasteiger partial charge in [-0.2, -0.15) is 0 Å². The lowest BCUT2D eigenvalue weighted by Gasteiger charge is -2.06. The van der Waals surface area contributed by atoms with Gasteiger partial charge in [0.05, 0.1) is 12.5 Å². The average Bonchev–Trinajstić information content (AvgIpc) is 2.64. The molecule has 0 radical (unpaired) electrons. The van der Waals surface area contributed by atoms with Crippen molar-refractivity contribution in [2.24, 2.45) is 0 Å². The van der Waals surface area contributed by atoms with E-state index in [0.717, 1.165) is 24.3 Å². The summed E-state index contributed by atoms with van der Waals surface area (Å²) in [7, 11) is 0. The summed E-state index contributed by atoms with van der Waals surface area (Å²) in [5.74, 6) is 1.48. The van der Waals surface area contributed by atoms with Crippen molar-refractivity contribution < 1.29 is 14.6 Å². The predicted octanol–water partition coefficient (Wildman–Crippen LogP) is 1.61. The summed E-state index contributed by atoms with van der Waals surface area (Å²) in [6.07, 6.45) is 0.873. The van der Waals surface area contributed by atoms with Crippen molar-refractivity contribution in [3.8, 4) is 11.5 Å². The highest BCUT2D eigenvalue weighted by Crippen LogP contribution is 2.44. The number of ether oxygens (including phenoxy) is 2. The van der Waals surface area contributed by atoms with Gasteiger partial charge in [-0.15, -0.1) is 0 Å². The molecule has 1 N–H and O–H groups in total. The molecule has 1 aromatic carbocycles. The molecule has 0 amide bonds. The third kappa shape index (κ3) is 0.937. The molecule has 1 fully saturated rings. The molecule has 1 aromatic rings. The van der Waals surface area contributed by atoms with Gasteiger partial charge in [-0.3, -0.25) is 0 Å². The van der Waals surface area contributed by atoms with Gasteiger partial charge in [-0.1, -0.05) is 0 Å². The van der Waals surface area contributed by atoms with E-state index in [-0.39, 0.29) is 6.29 Å². The monoisotopic (exact) mass is 178 g/mol. The van der Waals surface area contributed by atoms with E-state index in [4.69, 9.17) is 9.47 Å². The van der Waals surface area contributed by atoms with Gasteiger partial charge in [-0.05, 0) is 24.6 Å². The van der Waals surface area contributed by atoms with Crippen molar-refractivity contribution in [2.75, 3.05) is 6.61 Å². The predicted molar refractivity (Wildman–Crippen MR) is 45.8 cm³/mol. The summed E-state index contributed by atoms with van der Waals surface area (Å²) in [4.78, 5) is 0. The van der Waals surface area contributed by atoms with Crippen molar-refractivity contribution >= 4 is 0 Å². The first-order valence-electron chi connectivity index (χ1n) is 4.46. The molecule has 3 nitrogen and oxygen atoms in total. The molecular formula is C10H10O3. The second kappa shape index (κ2) is 2.39. The largest absolute Gasteiger partial charge is 0.508 e. The summed E-state index contributed by atoms with van der Waals surface area (Å²) >= 11 is 0. The van der Waals surface area contributed by atoms with Crippen molar-refractivity contribution in [3.05, 3.63) is 23.8 Å². The number of phenols is 1. The van der Waals surface area contributed by atoms with Gasteiger partial charge in [0.2, 0.25) is 6.29 Å². The second-order valence-electron chi connectivity index (χ2n) is 3.47. The van der Waals surface area contributed by atoms with E-state index in [0.29, 0.717) is 11.7 Å². The molecule has 0 aliphatic carbocycles. The van der Waals surface area contributed by atoms with E-state index in [1.807, 2.05) is 0 Å². The zero-order valence-corrected chi connectivity index (χ0v) is 7.06. The van der Waals surface area contributed by atoms with Crippen LogP contribution in [-0.2, 0) is 4.74 Å². The van der Waals surface area contributed by atoms with E-state index in [1.165, 1.54) is 0 Å². The molecule has 68 valence electrons. The molecule has 3 heteroatoms. The van der Waals surface area contributed by atoms with Crippen molar-refractivity contribution in [2.45, 2.75) is 18.6 Å². The van der Waals surface area contributed by atoms with Crippen molar-refractivity contribution in [1.29, 1.82) is 0 Å². The smallest absolute Gasteiger partial charge is 0.206 e. The Morgan fingerprint density at radius 3 is 3.23 bits per heavy atom. The molecular weight excluding hydrogens is 168 g/mol. The Hall–Kier alpha value is -1.22. The fourth-order valence-corrected chi connectivity index (χ4v) is 2.04. The summed E-state index contributed by atoms with van der Waals surface area (Å²) < 4.78 is 10.9. The zero-order valence-electron chi connectivity index (χ0n) is 7.06. The lowest BCUT2D eigenvalue weighted by molar-refractivity contribution is -0.0337. The Morgan fingerprint density at radius 2 is 2.31 bits per heavy atom. The highest BCUT2D eigenvalue weighted by Gasteiger charge is 2.39. The normalized spacial score (nSPS) is 29.5. The summed E-state index contributed by atoms with van der Waals surface area (Å²) in [6, 6.07) is 5.21. The molecule has 3 rings (SSSR count). The SMILES string of the molecule is Oc1ccc2c(c1)[C@@H]1CCO[C@H]1O2. The summed E-state index contributed by atoms with van der Waals surface area (Å²) in [5, 5.41) is 9.32. The number of benzene rings is 1. The Morgan fingerprint density at radius 1 is 1.38 bits per heavy atom. The highest BCUT2D eigenvalue weighted by molar-refractivity contribution is 5.45. The Labute approximate surface area is 75.9 Å². The number of hydrogen-bond donors (Lipinski definition) is 1. The van der Waals surface area contributed by atoms with Gasteiger partial charge in [0.25, 0.3) is 0 Å². The number of hydrogen-bond acceptors (Lipinski definition) is 3. The molecule has 2 aliphatic heterocycles. The molecule has 2 atom stereocenters. The van der Waals surface area contributed by atoms with E-state index in [1.54, 1.807) is 18.2 Å². The van der Waals surface area contributed by atoms with Crippen LogP contribution in [0, 0.1) is 0 Å². The molecule has 13 heavy (non-hydrogen) atoms. The minimum absolute atomic E-state index is 0.114. The topological polar surface area (TPSA) is 38.7 Å². The summed E-state index contributed by atoms with van der Waals surface area (Å²) in [6.45, 7) is 0.754. The van der Waals surface area contributed by atoms with Gasteiger partial charge >= 0.3 is 0 Å². The first-order valence-corrected chi connectivity index (χ1v) is 4.46. The van der Waals surface area contributed by atoms with Crippen LogP contribution in [0.5, 0.6) is 11.5 Å². The van der Waals surface area contributed by atoms with Crippen LogP contribution in [0.3, 0.4) is 0 Å². The number of phenolic OH excluding ortho intramolecular Hbond substituents is 1. The van der Waals surface area contributed by atoms with Crippen LogP contribution in [0.25, 0.3) is 0 Å². The van der Waals surface area contributed by atoms with E-state index < -0.39 is 0 Å². The molecule has 2 heterocycles. The highest BCUT2D eigenvalue weighted by atomic mass is 16.7. The molecule has 0 aromatic heterocycles. The Bertz CT molecular complexity index is 348. The molecule has 1 saturated heterocycles. The van der Waals surface area contributed by atoms with Gasteiger partial charge in [0.1, 0.15) is 11.5 Å². The first-order chi connectivity index (χ1) is 6.34. The van der Waals surface area contributed by atoms with Crippen molar-refractivity contribution in [1.82, 2.24) is 0 Å². The third-order valence-electron chi connectivity index (χ3n) is 2.68. The fourth-order valence-electron chi connectivity index (χ4n) is 2.04. The molecule has 2 aliphatic rings. The lowest BCUT2D eigenvalue weighted by Crippen LogP contribution is -2.13. The maximum absolute atomic E-state index is 9.32. The van der Waals surface area contributed by atoms with Crippen LogP contribution in [-0.4, -0.2) is 18.0 Å². The number of fused-ring (bicyclic) bond motifs is 3. The molecule has 0 unspecified atom stereocenters. The average molecular weight is 178 g/mol. The standard InChI is InChI=1S/C10H10O3/c11-6-1-2-9-8(5-6)7-3-4-12-10(7)13-9/h1-2,5,7,10-11H,3-4H2/t7-,10-/m0/s1. The molecule has 0 spiro atoms. The zero-order chi connectivity index (χ0) is 8.84. The van der Waals surface area contributed by atoms with Crippen LogP contribution >= 0.6 is 0 Å². The van der Waals surface area contributed by atoms with Gasteiger partial charge in [0.15, 0.2) is 0 Å².